The molecule has 2 aliphatic rings. The molecule has 5 heteroatoms. The van der Waals surface area contributed by atoms with Crippen molar-refractivity contribution < 1.29 is 9.90 Å². The van der Waals surface area contributed by atoms with Crippen LogP contribution >= 0.6 is 0 Å². The Balaban J connectivity index is 1.53. The van der Waals surface area contributed by atoms with Gasteiger partial charge >= 0.3 is 0 Å². The zero-order valence-electron chi connectivity index (χ0n) is 14.3. The van der Waals surface area contributed by atoms with E-state index in [0.717, 1.165) is 29.0 Å². The minimum absolute atomic E-state index is 0.00612. The molecule has 2 atom stereocenters. The fourth-order valence-corrected chi connectivity index (χ4v) is 3.49. The normalized spacial score (nSPS) is 22.1. The van der Waals surface area contributed by atoms with Crippen LogP contribution < -0.4 is 10.6 Å². The number of fused-ring (bicyclic) bond motifs is 1. The molecule has 1 amide bonds. The summed E-state index contributed by atoms with van der Waals surface area (Å²) in [6.45, 7) is 4.12. The molecule has 0 radical (unpaired) electrons. The van der Waals surface area contributed by atoms with Gasteiger partial charge in [0.2, 0.25) is 0 Å². The van der Waals surface area contributed by atoms with E-state index in [1.807, 2.05) is 24.3 Å². The first-order valence-electron chi connectivity index (χ1n) is 8.82. The maximum atomic E-state index is 12.5. The highest BCUT2D eigenvalue weighted by atomic mass is 16.3. The highest BCUT2D eigenvalue weighted by molar-refractivity contribution is 5.95. The number of amides is 1. The molecule has 2 aliphatic heterocycles. The van der Waals surface area contributed by atoms with Gasteiger partial charge in [0.05, 0.1) is 17.5 Å². The molecule has 0 spiro atoms. The molecule has 25 heavy (non-hydrogen) atoms. The highest BCUT2D eigenvalue weighted by Crippen LogP contribution is 2.31. The molecule has 0 bridgehead atoms. The molecule has 4 rings (SSSR count). The summed E-state index contributed by atoms with van der Waals surface area (Å²) in [4.78, 5) is 14.2. The summed E-state index contributed by atoms with van der Waals surface area (Å²) in [5.41, 5.74) is 5.12. The van der Waals surface area contributed by atoms with Crippen molar-refractivity contribution in [1.29, 1.82) is 0 Å². The maximum absolute atomic E-state index is 12.5. The lowest BCUT2D eigenvalue weighted by Gasteiger charge is -2.26. The van der Waals surface area contributed by atoms with E-state index in [1.54, 1.807) is 4.90 Å². The van der Waals surface area contributed by atoms with Crippen LogP contribution in [0.4, 0.5) is 11.4 Å². The molecular weight excluding hydrogens is 314 g/mol. The van der Waals surface area contributed by atoms with Crippen LogP contribution in [0.5, 0.6) is 0 Å². The zero-order chi connectivity index (χ0) is 17.4. The van der Waals surface area contributed by atoms with Crippen LogP contribution in [0.1, 0.15) is 23.7 Å². The number of hydrogen-bond acceptors (Lipinski definition) is 4. The van der Waals surface area contributed by atoms with Crippen molar-refractivity contribution in [2.24, 2.45) is 0 Å². The third-order valence-electron chi connectivity index (χ3n) is 4.94. The second kappa shape index (κ2) is 6.41. The molecule has 130 valence electrons. The summed E-state index contributed by atoms with van der Waals surface area (Å²) in [5, 5.41) is 16.5. The van der Waals surface area contributed by atoms with Crippen molar-refractivity contribution in [1.82, 2.24) is 4.90 Å². The van der Waals surface area contributed by atoms with E-state index in [0.29, 0.717) is 31.1 Å². The van der Waals surface area contributed by atoms with E-state index in [-0.39, 0.29) is 12.0 Å². The van der Waals surface area contributed by atoms with Gasteiger partial charge in [0.1, 0.15) is 0 Å². The fraction of sp³-hybridized carbons (Fsp3) is 0.350. The quantitative estimate of drug-likeness (QED) is 0.788. The summed E-state index contributed by atoms with van der Waals surface area (Å²) in [7, 11) is 0. The van der Waals surface area contributed by atoms with Gasteiger partial charge in [-0.3, -0.25) is 4.79 Å². The minimum atomic E-state index is -0.387. The first kappa shape index (κ1) is 16.0. The van der Waals surface area contributed by atoms with Crippen molar-refractivity contribution in [3.63, 3.8) is 0 Å². The Kier molecular flexibility index (Phi) is 4.09. The van der Waals surface area contributed by atoms with Crippen molar-refractivity contribution in [3.05, 3.63) is 48.0 Å². The van der Waals surface area contributed by atoms with E-state index >= 15 is 0 Å². The number of rotatable bonds is 2. The lowest BCUT2D eigenvalue weighted by atomic mass is 10.0. The molecule has 2 aromatic rings. The number of carbonyl (C=O) groups is 1. The number of aliphatic hydroxyl groups is 1. The summed E-state index contributed by atoms with van der Waals surface area (Å²) in [5.74, 6) is -0.00612. The molecule has 3 N–H and O–H groups in total. The summed E-state index contributed by atoms with van der Waals surface area (Å²) in [6.07, 6.45) is 0.279. The van der Waals surface area contributed by atoms with Crippen LogP contribution in [0.25, 0.3) is 11.1 Å². The molecule has 0 unspecified atom stereocenters. The predicted octanol–water partition coefficient (Wildman–Crippen LogP) is 2.79. The minimum Gasteiger partial charge on any atom is -0.391 e. The number of hydrogen-bond donors (Lipinski definition) is 3. The van der Waals surface area contributed by atoms with Gasteiger partial charge in [-0.05, 0) is 48.7 Å². The summed E-state index contributed by atoms with van der Waals surface area (Å²) in [6, 6.07) is 14.5. The second-order valence-corrected chi connectivity index (χ2v) is 6.96. The Bertz CT molecular complexity index is 788. The number of likely N-dealkylation sites (tertiary alicyclic amines) is 1. The van der Waals surface area contributed by atoms with E-state index in [9.17, 15) is 9.90 Å². The van der Waals surface area contributed by atoms with Gasteiger partial charge in [0, 0.05) is 31.2 Å². The van der Waals surface area contributed by atoms with E-state index in [4.69, 9.17) is 0 Å². The maximum Gasteiger partial charge on any atom is 0.253 e. The standard InChI is InChI=1S/C20H23N3O2/c1-13-11-21-19-10-16(6-7-18(19)22-13)14-2-4-15(5-3-14)20(25)23-9-8-17(24)12-23/h2-7,10,13,17,21-22,24H,8-9,11-12H2,1H3/t13-,17-/m0/s1. The molecular formula is C20H23N3O2. The third-order valence-corrected chi connectivity index (χ3v) is 4.94. The lowest BCUT2D eigenvalue weighted by molar-refractivity contribution is 0.0765. The van der Waals surface area contributed by atoms with Crippen LogP contribution in [-0.2, 0) is 0 Å². The van der Waals surface area contributed by atoms with Gasteiger partial charge in [-0.25, -0.2) is 0 Å². The smallest absolute Gasteiger partial charge is 0.253 e. The van der Waals surface area contributed by atoms with Crippen molar-refractivity contribution in [3.8, 4) is 11.1 Å². The largest absolute Gasteiger partial charge is 0.391 e. The number of nitrogens with zero attached hydrogens (tertiary/aromatic N) is 1. The van der Waals surface area contributed by atoms with Gasteiger partial charge < -0.3 is 20.6 Å². The zero-order valence-corrected chi connectivity index (χ0v) is 14.3. The molecule has 5 nitrogen and oxygen atoms in total. The average Bonchev–Trinajstić information content (AvgIpc) is 3.07. The number of benzene rings is 2. The van der Waals surface area contributed by atoms with Gasteiger partial charge in [-0.1, -0.05) is 18.2 Å². The first-order valence-corrected chi connectivity index (χ1v) is 8.82. The van der Waals surface area contributed by atoms with Gasteiger partial charge in [0.25, 0.3) is 5.91 Å². The second-order valence-electron chi connectivity index (χ2n) is 6.96. The van der Waals surface area contributed by atoms with Crippen LogP contribution in [0.3, 0.4) is 0 Å². The van der Waals surface area contributed by atoms with Crippen molar-refractivity contribution in [2.45, 2.75) is 25.5 Å². The molecule has 0 aliphatic carbocycles. The third kappa shape index (κ3) is 3.20. The van der Waals surface area contributed by atoms with Crippen LogP contribution in [0, 0.1) is 0 Å². The Labute approximate surface area is 147 Å². The molecule has 2 heterocycles. The Morgan fingerprint density at radius 3 is 2.60 bits per heavy atom. The highest BCUT2D eigenvalue weighted by Gasteiger charge is 2.25. The Morgan fingerprint density at radius 1 is 1.12 bits per heavy atom. The number of nitrogens with one attached hydrogen (secondary N) is 2. The molecule has 0 aromatic heterocycles. The summed E-state index contributed by atoms with van der Waals surface area (Å²) >= 11 is 0. The van der Waals surface area contributed by atoms with E-state index in [1.165, 1.54) is 0 Å². The topological polar surface area (TPSA) is 64.6 Å². The van der Waals surface area contributed by atoms with E-state index in [2.05, 4.69) is 35.8 Å². The Hall–Kier alpha value is -2.53. The average molecular weight is 337 g/mol. The van der Waals surface area contributed by atoms with E-state index < -0.39 is 0 Å². The van der Waals surface area contributed by atoms with Crippen molar-refractivity contribution >= 4 is 17.3 Å². The van der Waals surface area contributed by atoms with Crippen LogP contribution in [0.15, 0.2) is 42.5 Å². The number of anilines is 2. The van der Waals surface area contributed by atoms with Crippen LogP contribution in [-0.4, -0.2) is 47.7 Å². The molecule has 0 saturated carbocycles. The summed E-state index contributed by atoms with van der Waals surface area (Å²) < 4.78 is 0. The van der Waals surface area contributed by atoms with Gasteiger partial charge in [-0.2, -0.15) is 0 Å². The predicted molar refractivity (Wildman–Crippen MR) is 100.0 cm³/mol. The molecule has 2 aromatic carbocycles. The molecule has 1 saturated heterocycles. The Morgan fingerprint density at radius 2 is 1.88 bits per heavy atom. The number of β-amino-alcohol motifs (C(OH)–C–C–N with tert-alkyl or cyclic N) is 1. The van der Waals surface area contributed by atoms with Gasteiger partial charge in [0.15, 0.2) is 0 Å². The SMILES string of the molecule is C[C@H]1CNc2cc(-c3ccc(C(=O)N4CC[C@H](O)C4)cc3)ccc2N1. The van der Waals surface area contributed by atoms with Crippen LogP contribution in [0.2, 0.25) is 0 Å². The monoisotopic (exact) mass is 337 g/mol. The number of carbonyl (C=O) groups excluding carboxylic acids is 1. The van der Waals surface area contributed by atoms with Crippen molar-refractivity contribution in [2.75, 3.05) is 30.3 Å². The fourth-order valence-electron chi connectivity index (χ4n) is 3.49. The lowest BCUT2D eigenvalue weighted by Crippen LogP contribution is -2.29. The molecule has 1 fully saturated rings. The van der Waals surface area contributed by atoms with Gasteiger partial charge in [-0.15, -0.1) is 0 Å². The number of aliphatic hydroxyl groups excluding tert-OH is 1. The first-order chi connectivity index (χ1) is 12.1.